The smallest absolute Gasteiger partial charge is 0.251 e. The van der Waals surface area contributed by atoms with E-state index in [1.165, 1.54) is 0 Å². The number of aromatic nitrogens is 6. The van der Waals surface area contributed by atoms with Gasteiger partial charge in [0.2, 0.25) is 0 Å². The summed E-state index contributed by atoms with van der Waals surface area (Å²) in [5.74, 6) is 1.40. The number of anilines is 1. The molecule has 2 aromatic carbocycles. The maximum absolute atomic E-state index is 13.3. The number of hydrogen-bond acceptors (Lipinski definition) is 7. The third-order valence-corrected chi connectivity index (χ3v) is 5.44. The molecular weight excluding hydrogens is 416 g/mol. The van der Waals surface area contributed by atoms with E-state index in [1.54, 1.807) is 23.9 Å². The highest BCUT2D eigenvalue weighted by atomic mass is 16.1. The Balaban J connectivity index is 1.73. The first-order valence-electron chi connectivity index (χ1n) is 10.8. The average Bonchev–Trinajstić information content (AvgIpc) is 3.28. The average molecular weight is 443 g/mol. The second-order valence-electron chi connectivity index (χ2n) is 7.95. The molecule has 9 heteroatoms. The van der Waals surface area contributed by atoms with E-state index >= 15 is 0 Å². The summed E-state index contributed by atoms with van der Waals surface area (Å²) < 4.78 is 1.66. The number of benzene rings is 2. The topological polar surface area (TPSA) is 124 Å². The van der Waals surface area contributed by atoms with Crippen LogP contribution >= 0.6 is 0 Å². The molecule has 2 heterocycles. The molecule has 0 saturated heterocycles. The summed E-state index contributed by atoms with van der Waals surface area (Å²) in [6.45, 7) is 7.64. The highest BCUT2D eigenvalue weighted by molar-refractivity contribution is 5.96. The zero-order valence-electron chi connectivity index (χ0n) is 19.1. The Morgan fingerprint density at radius 2 is 1.88 bits per heavy atom. The highest BCUT2D eigenvalue weighted by Crippen LogP contribution is 2.26. The Kier molecular flexibility index (Phi) is 6.12. The number of carbonyl (C=O) groups excluding carboxylic acids is 1. The van der Waals surface area contributed by atoms with Gasteiger partial charge in [0.1, 0.15) is 11.6 Å². The summed E-state index contributed by atoms with van der Waals surface area (Å²) in [5.41, 5.74) is 10.9. The molecular formula is C24H26N8O. The molecule has 0 saturated carbocycles. The van der Waals surface area contributed by atoms with E-state index < -0.39 is 0 Å². The minimum atomic E-state index is -0.371. The minimum Gasteiger partial charge on any atom is -0.383 e. The Labute approximate surface area is 192 Å². The van der Waals surface area contributed by atoms with Gasteiger partial charge in [0.25, 0.3) is 5.91 Å². The molecule has 168 valence electrons. The molecule has 0 aliphatic rings. The zero-order valence-corrected chi connectivity index (χ0v) is 19.1. The number of hydrogen-bond donors (Lipinski definition) is 2. The van der Waals surface area contributed by atoms with Gasteiger partial charge >= 0.3 is 0 Å². The molecule has 0 aliphatic carbocycles. The first kappa shape index (κ1) is 22.1. The van der Waals surface area contributed by atoms with Crippen LogP contribution in [0.15, 0.2) is 48.7 Å². The van der Waals surface area contributed by atoms with Crippen molar-refractivity contribution in [1.82, 2.24) is 35.5 Å². The summed E-state index contributed by atoms with van der Waals surface area (Å²) in [4.78, 5) is 21.7. The van der Waals surface area contributed by atoms with Crippen LogP contribution in [0.1, 0.15) is 53.0 Å². The molecule has 0 aliphatic heterocycles. The van der Waals surface area contributed by atoms with Crippen LogP contribution in [0.2, 0.25) is 0 Å². The van der Waals surface area contributed by atoms with Crippen molar-refractivity contribution in [2.75, 3.05) is 5.73 Å². The van der Waals surface area contributed by atoms with E-state index in [4.69, 9.17) is 5.73 Å². The van der Waals surface area contributed by atoms with Gasteiger partial charge in [-0.15, -0.1) is 5.10 Å². The maximum atomic E-state index is 13.3. The third-order valence-electron chi connectivity index (χ3n) is 5.44. The number of carbonyl (C=O) groups is 1. The fourth-order valence-corrected chi connectivity index (χ4v) is 3.59. The van der Waals surface area contributed by atoms with Gasteiger partial charge in [0.05, 0.1) is 11.7 Å². The molecule has 1 amide bonds. The van der Waals surface area contributed by atoms with Crippen LogP contribution in [0.3, 0.4) is 0 Å². The lowest BCUT2D eigenvalue weighted by atomic mass is 10.00. The molecule has 0 fully saturated rings. The fourth-order valence-electron chi connectivity index (χ4n) is 3.59. The van der Waals surface area contributed by atoms with Crippen molar-refractivity contribution >= 4 is 11.7 Å². The number of amides is 1. The summed E-state index contributed by atoms with van der Waals surface area (Å²) in [6.07, 6.45) is 2.30. The zero-order chi connectivity index (χ0) is 23.5. The predicted molar refractivity (Wildman–Crippen MR) is 126 cm³/mol. The number of nitrogen functional groups attached to an aromatic ring is 1. The Bertz CT molecular complexity index is 1300. The lowest BCUT2D eigenvalue weighted by molar-refractivity contribution is 0.0940. The van der Waals surface area contributed by atoms with Crippen LogP contribution in [0.5, 0.6) is 0 Å². The second-order valence-corrected chi connectivity index (χ2v) is 7.95. The number of nitrogens with one attached hydrogen (secondary N) is 1. The van der Waals surface area contributed by atoms with Crippen molar-refractivity contribution in [2.45, 2.75) is 40.2 Å². The van der Waals surface area contributed by atoms with Gasteiger partial charge in [-0.3, -0.25) is 4.79 Å². The van der Waals surface area contributed by atoms with Crippen molar-refractivity contribution in [3.63, 3.8) is 0 Å². The SMILES string of the molecule is CCc1nnnn1-c1cc(C(=O)NC(C)c2cnc(C)nc2N)cc(-c2ccc(C)cc2)c1. The van der Waals surface area contributed by atoms with Crippen LogP contribution in [-0.2, 0) is 6.42 Å². The Morgan fingerprint density at radius 1 is 1.12 bits per heavy atom. The molecule has 2 aromatic heterocycles. The largest absolute Gasteiger partial charge is 0.383 e. The Morgan fingerprint density at radius 3 is 2.58 bits per heavy atom. The molecule has 1 unspecified atom stereocenters. The van der Waals surface area contributed by atoms with Gasteiger partial charge < -0.3 is 11.1 Å². The Hall–Kier alpha value is -4.14. The predicted octanol–water partition coefficient (Wildman–Crippen LogP) is 3.37. The molecule has 9 nitrogen and oxygen atoms in total. The standard InChI is InChI=1S/C24H26N8O/c1-5-22-29-30-31-32(22)20-11-18(17-8-6-14(2)7-9-17)10-19(12-20)24(33)27-15(3)21-13-26-16(4)28-23(21)25/h6-13,15H,5H2,1-4H3,(H,27,33)(H2,25,26,28). The van der Waals surface area contributed by atoms with Gasteiger partial charge in [0, 0.05) is 23.7 Å². The van der Waals surface area contributed by atoms with E-state index in [-0.39, 0.29) is 11.9 Å². The molecule has 4 aromatic rings. The molecule has 1 atom stereocenters. The molecule has 0 spiro atoms. The molecule has 0 radical (unpaired) electrons. The molecule has 33 heavy (non-hydrogen) atoms. The van der Waals surface area contributed by atoms with E-state index in [0.717, 1.165) is 16.7 Å². The van der Waals surface area contributed by atoms with E-state index in [0.29, 0.717) is 40.7 Å². The summed E-state index contributed by atoms with van der Waals surface area (Å²) >= 11 is 0. The van der Waals surface area contributed by atoms with E-state index in [9.17, 15) is 4.79 Å². The highest BCUT2D eigenvalue weighted by Gasteiger charge is 2.18. The second kappa shape index (κ2) is 9.15. The molecule has 4 rings (SSSR count). The number of rotatable bonds is 6. The minimum absolute atomic E-state index is 0.246. The van der Waals surface area contributed by atoms with Crippen molar-refractivity contribution in [3.05, 3.63) is 77.0 Å². The van der Waals surface area contributed by atoms with Crippen LogP contribution in [-0.4, -0.2) is 36.1 Å². The lowest BCUT2D eigenvalue weighted by Gasteiger charge is -2.17. The number of aryl methyl sites for hydroxylation is 3. The summed E-state index contributed by atoms with van der Waals surface area (Å²) in [7, 11) is 0. The van der Waals surface area contributed by atoms with Crippen molar-refractivity contribution < 1.29 is 4.79 Å². The molecule has 3 N–H and O–H groups in total. The van der Waals surface area contributed by atoms with Gasteiger partial charge in [-0.1, -0.05) is 36.8 Å². The lowest BCUT2D eigenvalue weighted by Crippen LogP contribution is -2.28. The normalized spacial score (nSPS) is 11.9. The van der Waals surface area contributed by atoms with Crippen LogP contribution in [0.4, 0.5) is 5.82 Å². The van der Waals surface area contributed by atoms with Gasteiger partial charge in [-0.2, -0.15) is 4.68 Å². The third kappa shape index (κ3) is 4.72. The van der Waals surface area contributed by atoms with Crippen molar-refractivity contribution in [2.24, 2.45) is 0 Å². The first-order valence-corrected chi connectivity index (χ1v) is 10.8. The quantitative estimate of drug-likeness (QED) is 0.469. The van der Waals surface area contributed by atoms with E-state index in [2.05, 4.69) is 30.8 Å². The number of nitrogens with two attached hydrogens (primary N) is 1. The maximum Gasteiger partial charge on any atom is 0.251 e. The summed E-state index contributed by atoms with van der Waals surface area (Å²) in [5, 5.41) is 15.0. The van der Waals surface area contributed by atoms with Crippen molar-refractivity contribution in [3.8, 4) is 16.8 Å². The van der Waals surface area contributed by atoms with Crippen molar-refractivity contribution in [1.29, 1.82) is 0 Å². The van der Waals surface area contributed by atoms with Gasteiger partial charge in [0.15, 0.2) is 5.82 Å². The molecule has 0 bridgehead atoms. The fraction of sp³-hybridized carbons (Fsp3) is 0.250. The van der Waals surface area contributed by atoms with Crippen LogP contribution < -0.4 is 11.1 Å². The summed E-state index contributed by atoms with van der Waals surface area (Å²) in [6, 6.07) is 13.4. The number of nitrogens with zero attached hydrogens (tertiary/aromatic N) is 6. The first-order chi connectivity index (χ1) is 15.9. The van der Waals surface area contributed by atoms with E-state index in [1.807, 2.05) is 57.2 Å². The van der Waals surface area contributed by atoms with Gasteiger partial charge in [-0.25, -0.2) is 9.97 Å². The van der Waals surface area contributed by atoms with Crippen LogP contribution in [0.25, 0.3) is 16.8 Å². The van der Waals surface area contributed by atoms with Crippen LogP contribution in [0, 0.1) is 13.8 Å². The monoisotopic (exact) mass is 442 g/mol. The van der Waals surface area contributed by atoms with Gasteiger partial charge in [-0.05, 0) is 60.5 Å². The number of tetrazole rings is 1.